The summed E-state index contributed by atoms with van der Waals surface area (Å²) in [5, 5.41) is 0.284. The average Bonchev–Trinajstić information content (AvgIpc) is 2.64. The van der Waals surface area contributed by atoms with Crippen molar-refractivity contribution in [2.24, 2.45) is 11.1 Å². The monoisotopic (exact) mass is 390 g/mol. The number of carbonyl (C=O) groups excluding carboxylic acids is 1. The van der Waals surface area contributed by atoms with E-state index in [1.165, 1.54) is 12.1 Å². The van der Waals surface area contributed by atoms with Gasteiger partial charge in [0.05, 0.1) is 23.6 Å². The van der Waals surface area contributed by atoms with E-state index in [-0.39, 0.29) is 17.5 Å². The lowest BCUT2D eigenvalue weighted by molar-refractivity contribution is -0.154. The minimum Gasteiger partial charge on any atom is -0.381 e. The predicted octanol–water partition coefficient (Wildman–Crippen LogP) is 2.79. The minimum absolute atomic E-state index is 0.0113. The third kappa shape index (κ3) is 3.78. The van der Waals surface area contributed by atoms with Crippen molar-refractivity contribution in [2.45, 2.75) is 18.9 Å². The maximum Gasteiger partial charge on any atom is 0.230 e. The highest BCUT2D eigenvalue weighted by atomic mass is 35.5. The third-order valence-corrected chi connectivity index (χ3v) is 5.65. The molecule has 2 fully saturated rings. The van der Waals surface area contributed by atoms with Gasteiger partial charge in [0.1, 0.15) is 11.9 Å². The molecule has 0 bridgehead atoms. The van der Waals surface area contributed by atoms with Gasteiger partial charge < -0.3 is 20.1 Å². The lowest BCUT2D eigenvalue weighted by atomic mass is 9.78. The van der Waals surface area contributed by atoms with Crippen LogP contribution in [0.5, 0.6) is 0 Å². The molecule has 1 aromatic rings. The van der Waals surface area contributed by atoms with Crippen LogP contribution in [0.25, 0.3) is 0 Å². The number of morpholine rings is 1. The van der Waals surface area contributed by atoms with Gasteiger partial charge in [-0.1, -0.05) is 23.2 Å². The van der Waals surface area contributed by atoms with Gasteiger partial charge >= 0.3 is 0 Å². The van der Waals surface area contributed by atoms with Crippen LogP contribution >= 0.6 is 23.2 Å². The van der Waals surface area contributed by atoms with Crippen molar-refractivity contribution >= 4 is 29.1 Å². The van der Waals surface area contributed by atoms with Crippen molar-refractivity contribution in [3.63, 3.8) is 0 Å². The Bertz CT molecular complexity index is 653. The van der Waals surface area contributed by atoms with Gasteiger partial charge in [-0.2, -0.15) is 0 Å². The lowest BCUT2D eigenvalue weighted by Crippen LogP contribution is -2.54. The minimum atomic E-state index is -0.588. The van der Waals surface area contributed by atoms with Gasteiger partial charge in [-0.25, -0.2) is 4.39 Å². The summed E-state index contributed by atoms with van der Waals surface area (Å²) >= 11 is 11.9. The number of nitrogens with two attached hydrogens (primary N) is 1. The topological polar surface area (TPSA) is 64.8 Å². The summed E-state index contributed by atoms with van der Waals surface area (Å²) in [6.45, 7) is 2.49. The van der Waals surface area contributed by atoms with E-state index in [2.05, 4.69) is 0 Å². The van der Waals surface area contributed by atoms with E-state index in [9.17, 15) is 9.18 Å². The van der Waals surface area contributed by atoms with Crippen LogP contribution in [0.4, 0.5) is 4.39 Å². The van der Waals surface area contributed by atoms with E-state index in [0.717, 1.165) is 0 Å². The molecule has 2 N–H and O–H groups in total. The van der Waals surface area contributed by atoms with E-state index in [0.29, 0.717) is 56.3 Å². The molecule has 0 saturated carbocycles. The number of hydrogen-bond acceptors (Lipinski definition) is 4. The Hall–Kier alpha value is -0.920. The van der Waals surface area contributed by atoms with Crippen LogP contribution < -0.4 is 5.73 Å². The molecular formula is C17H21Cl2FN2O3. The number of benzene rings is 1. The first-order valence-corrected chi connectivity index (χ1v) is 9.06. The van der Waals surface area contributed by atoms with Crippen LogP contribution in [0.1, 0.15) is 24.5 Å². The molecule has 138 valence electrons. The zero-order chi connectivity index (χ0) is 18.0. The summed E-state index contributed by atoms with van der Waals surface area (Å²) in [7, 11) is 0. The Morgan fingerprint density at radius 1 is 1.28 bits per heavy atom. The summed E-state index contributed by atoms with van der Waals surface area (Å²) in [5.41, 5.74) is 5.84. The fraction of sp³-hybridized carbons (Fsp3) is 0.588. The zero-order valence-corrected chi connectivity index (χ0v) is 15.3. The van der Waals surface area contributed by atoms with E-state index < -0.39 is 17.3 Å². The fourth-order valence-electron chi connectivity index (χ4n) is 3.41. The third-order valence-electron chi connectivity index (χ3n) is 5.03. The van der Waals surface area contributed by atoms with Crippen molar-refractivity contribution in [3.05, 3.63) is 33.6 Å². The van der Waals surface area contributed by atoms with Crippen LogP contribution in [0.3, 0.4) is 0 Å². The van der Waals surface area contributed by atoms with Gasteiger partial charge in [0.15, 0.2) is 0 Å². The van der Waals surface area contributed by atoms with Gasteiger partial charge in [-0.3, -0.25) is 4.79 Å². The van der Waals surface area contributed by atoms with Crippen molar-refractivity contribution in [1.82, 2.24) is 4.90 Å². The number of hydrogen-bond donors (Lipinski definition) is 1. The number of halogens is 3. The molecule has 0 aromatic heterocycles. The number of ether oxygens (including phenoxy) is 2. The Morgan fingerprint density at radius 2 is 2.00 bits per heavy atom. The van der Waals surface area contributed by atoms with Gasteiger partial charge in [0.2, 0.25) is 5.91 Å². The number of rotatable bonds is 3. The van der Waals surface area contributed by atoms with E-state index in [1.807, 2.05) is 0 Å². The molecule has 5 nitrogen and oxygen atoms in total. The number of nitrogens with zero attached hydrogens (tertiary/aromatic N) is 1. The maximum absolute atomic E-state index is 13.8. The highest BCUT2D eigenvalue weighted by Crippen LogP contribution is 2.36. The molecule has 0 spiro atoms. The second kappa shape index (κ2) is 7.76. The lowest BCUT2D eigenvalue weighted by Gasteiger charge is -2.42. The molecule has 2 heterocycles. The normalized spacial score (nSPS) is 23.5. The quantitative estimate of drug-likeness (QED) is 0.805. The van der Waals surface area contributed by atoms with Crippen LogP contribution in [-0.2, 0) is 14.3 Å². The van der Waals surface area contributed by atoms with Crippen LogP contribution in [0.2, 0.25) is 10.0 Å². The summed E-state index contributed by atoms with van der Waals surface area (Å²) in [5.74, 6) is -0.548. The first-order chi connectivity index (χ1) is 12.0. The first kappa shape index (κ1) is 18.9. The molecule has 1 atom stereocenters. The second-order valence-electron chi connectivity index (χ2n) is 6.50. The van der Waals surface area contributed by atoms with E-state index >= 15 is 0 Å². The summed E-state index contributed by atoms with van der Waals surface area (Å²) < 4.78 is 24.9. The molecule has 0 aliphatic carbocycles. The molecule has 2 saturated heterocycles. The Balaban J connectivity index is 1.79. The fourth-order valence-corrected chi connectivity index (χ4v) is 3.91. The molecule has 1 amide bonds. The van der Waals surface area contributed by atoms with Gasteiger partial charge in [0, 0.05) is 36.9 Å². The largest absolute Gasteiger partial charge is 0.381 e. The van der Waals surface area contributed by atoms with Gasteiger partial charge in [-0.05, 0) is 25.0 Å². The van der Waals surface area contributed by atoms with Gasteiger partial charge in [-0.15, -0.1) is 0 Å². The highest BCUT2D eigenvalue weighted by Gasteiger charge is 2.43. The summed E-state index contributed by atoms with van der Waals surface area (Å²) in [6.07, 6.45) is 0.730. The molecule has 25 heavy (non-hydrogen) atoms. The van der Waals surface area contributed by atoms with Crippen LogP contribution in [0.15, 0.2) is 12.1 Å². The van der Waals surface area contributed by atoms with E-state index in [4.69, 9.17) is 38.4 Å². The molecule has 1 unspecified atom stereocenters. The Labute approximate surface area is 156 Å². The molecule has 0 radical (unpaired) electrons. The maximum atomic E-state index is 13.8. The highest BCUT2D eigenvalue weighted by molar-refractivity contribution is 6.35. The first-order valence-electron chi connectivity index (χ1n) is 8.30. The Kier molecular flexibility index (Phi) is 5.85. The molecule has 1 aromatic carbocycles. The average molecular weight is 391 g/mol. The van der Waals surface area contributed by atoms with Gasteiger partial charge in [0.25, 0.3) is 0 Å². The van der Waals surface area contributed by atoms with Crippen molar-refractivity contribution < 1.29 is 18.7 Å². The molecule has 3 rings (SSSR count). The summed E-state index contributed by atoms with van der Waals surface area (Å²) in [4.78, 5) is 14.8. The van der Waals surface area contributed by atoms with Crippen molar-refractivity contribution in [3.8, 4) is 0 Å². The molecule has 8 heteroatoms. The second-order valence-corrected chi connectivity index (χ2v) is 7.31. The van der Waals surface area contributed by atoms with E-state index in [1.54, 1.807) is 4.90 Å². The SMILES string of the molecule is NCC1(C(=O)N2CCOC(c3cc(F)c(Cl)cc3Cl)C2)CCOCC1. The Morgan fingerprint density at radius 3 is 2.68 bits per heavy atom. The van der Waals surface area contributed by atoms with Crippen LogP contribution in [-0.4, -0.2) is 50.3 Å². The molecule has 2 aliphatic rings. The molecular weight excluding hydrogens is 370 g/mol. The number of carbonyl (C=O) groups is 1. The standard InChI is InChI=1S/C17H21Cl2FN2O3/c18-12-8-13(19)14(20)7-11(12)15-9-22(3-6-25-15)16(23)17(10-21)1-4-24-5-2-17/h7-8,15H,1-6,9-10,21H2. The van der Waals surface area contributed by atoms with Crippen molar-refractivity contribution in [1.29, 1.82) is 0 Å². The predicted molar refractivity (Wildman–Crippen MR) is 93.2 cm³/mol. The van der Waals surface area contributed by atoms with Crippen LogP contribution in [0, 0.1) is 11.2 Å². The van der Waals surface area contributed by atoms with Crippen molar-refractivity contribution in [2.75, 3.05) is 39.5 Å². The zero-order valence-electron chi connectivity index (χ0n) is 13.8. The number of amides is 1. The summed E-state index contributed by atoms with van der Waals surface area (Å²) in [6, 6.07) is 2.63. The molecule has 2 aliphatic heterocycles. The smallest absolute Gasteiger partial charge is 0.230 e.